The highest BCUT2D eigenvalue weighted by atomic mass is 19.4. The summed E-state index contributed by atoms with van der Waals surface area (Å²) in [4.78, 5) is 22.1. The third kappa shape index (κ3) is 7.82. The Morgan fingerprint density at radius 2 is 1.92 bits per heavy atom. The van der Waals surface area contributed by atoms with Crippen molar-refractivity contribution >= 4 is 17.5 Å². The molecule has 210 valence electrons. The molecule has 0 spiro atoms. The molecule has 1 aromatic heterocycles. The number of aromatic nitrogens is 2. The van der Waals surface area contributed by atoms with Gasteiger partial charge >= 0.3 is 6.18 Å². The maximum atomic E-state index is 13.9. The van der Waals surface area contributed by atoms with Crippen LogP contribution in [0.15, 0.2) is 24.4 Å². The highest BCUT2D eigenvalue weighted by Gasteiger charge is 2.37. The minimum atomic E-state index is -4.56. The number of anilines is 2. The van der Waals surface area contributed by atoms with E-state index >= 15 is 0 Å². The SMILES string of the molecule is COc1cc(CN(C)C)ccc1Nc1ncc(C(F)(F)F)c(CC(C)C(C)C2CCCCC2NC(C)=O)n1. The molecule has 0 bridgehead atoms. The predicted molar refractivity (Wildman–Crippen MR) is 142 cm³/mol. The maximum Gasteiger partial charge on any atom is 0.419 e. The average Bonchev–Trinajstić information content (AvgIpc) is 2.83. The molecular weight excluding hydrogens is 495 g/mol. The van der Waals surface area contributed by atoms with Crippen LogP contribution in [0.3, 0.4) is 0 Å². The molecule has 1 amide bonds. The van der Waals surface area contributed by atoms with E-state index in [4.69, 9.17) is 4.74 Å². The predicted octanol–water partition coefficient (Wildman–Crippen LogP) is 5.82. The van der Waals surface area contributed by atoms with Gasteiger partial charge in [0, 0.05) is 25.7 Å². The summed E-state index contributed by atoms with van der Waals surface area (Å²) in [6.45, 7) is 6.27. The zero-order valence-electron chi connectivity index (χ0n) is 23.2. The number of carbonyl (C=O) groups excluding carboxylic acids is 1. The molecule has 2 N–H and O–H groups in total. The van der Waals surface area contributed by atoms with Gasteiger partial charge in [0.1, 0.15) is 5.75 Å². The van der Waals surface area contributed by atoms with E-state index in [1.165, 1.54) is 6.92 Å². The molecule has 38 heavy (non-hydrogen) atoms. The fourth-order valence-corrected chi connectivity index (χ4v) is 5.43. The molecule has 1 saturated carbocycles. The van der Waals surface area contributed by atoms with Crippen molar-refractivity contribution in [2.24, 2.45) is 17.8 Å². The maximum absolute atomic E-state index is 13.9. The van der Waals surface area contributed by atoms with Crippen molar-refractivity contribution in [3.63, 3.8) is 0 Å². The van der Waals surface area contributed by atoms with Crippen molar-refractivity contribution < 1.29 is 22.7 Å². The second-order valence-electron chi connectivity index (χ2n) is 10.7. The molecule has 10 heteroatoms. The normalized spacial score (nSPS) is 19.6. The fraction of sp³-hybridized carbons (Fsp3) is 0.607. The summed E-state index contributed by atoms with van der Waals surface area (Å²) in [5.74, 6) is 0.791. The highest BCUT2D eigenvalue weighted by Crippen LogP contribution is 2.38. The van der Waals surface area contributed by atoms with Gasteiger partial charge in [-0.15, -0.1) is 0 Å². The molecule has 1 aromatic carbocycles. The van der Waals surface area contributed by atoms with E-state index in [9.17, 15) is 18.0 Å². The third-order valence-corrected chi connectivity index (χ3v) is 7.48. The molecule has 1 heterocycles. The fourth-order valence-electron chi connectivity index (χ4n) is 5.43. The van der Waals surface area contributed by atoms with E-state index < -0.39 is 11.7 Å². The summed E-state index contributed by atoms with van der Waals surface area (Å²) in [5, 5.41) is 6.10. The van der Waals surface area contributed by atoms with Crippen molar-refractivity contribution in [3.8, 4) is 5.75 Å². The summed E-state index contributed by atoms with van der Waals surface area (Å²) in [6.07, 6.45) is 0.384. The first-order chi connectivity index (χ1) is 17.9. The van der Waals surface area contributed by atoms with Crippen LogP contribution in [0.5, 0.6) is 5.75 Å². The quantitative estimate of drug-likeness (QED) is 0.399. The smallest absolute Gasteiger partial charge is 0.419 e. The van der Waals surface area contributed by atoms with E-state index in [1.54, 1.807) is 7.11 Å². The Balaban J connectivity index is 1.85. The Hall–Kier alpha value is -2.88. The van der Waals surface area contributed by atoms with Crippen LogP contribution in [-0.4, -0.2) is 48.0 Å². The lowest BCUT2D eigenvalue weighted by molar-refractivity contribution is -0.138. The molecule has 0 aliphatic heterocycles. The van der Waals surface area contributed by atoms with E-state index in [2.05, 4.69) is 27.5 Å². The monoisotopic (exact) mass is 535 g/mol. The standard InChI is InChI=1S/C28H40F3N5O2/c1-17(18(2)21-9-7-8-10-23(21)33-19(3)37)13-25-22(28(29,30)31)15-32-27(35-25)34-24-12-11-20(16-36(4)5)14-26(24)38-6/h11-12,14-15,17-18,21,23H,7-10,13,16H2,1-6H3,(H,33,37)(H,32,34,35). The molecule has 1 aliphatic carbocycles. The Morgan fingerprint density at radius 3 is 2.55 bits per heavy atom. The first-order valence-corrected chi connectivity index (χ1v) is 13.2. The van der Waals surface area contributed by atoms with Gasteiger partial charge in [-0.1, -0.05) is 32.8 Å². The molecule has 4 unspecified atom stereocenters. The van der Waals surface area contributed by atoms with Crippen LogP contribution >= 0.6 is 0 Å². The number of benzene rings is 1. The number of carbonyl (C=O) groups is 1. The average molecular weight is 536 g/mol. The van der Waals surface area contributed by atoms with Gasteiger partial charge in [0.2, 0.25) is 11.9 Å². The number of nitrogens with one attached hydrogen (secondary N) is 2. The first-order valence-electron chi connectivity index (χ1n) is 13.2. The number of hydrogen-bond acceptors (Lipinski definition) is 6. The van der Waals surface area contributed by atoms with E-state index in [0.29, 0.717) is 11.4 Å². The van der Waals surface area contributed by atoms with Crippen LogP contribution in [-0.2, 0) is 23.9 Å². The van der Waals surface area contributed by atoms with E-state index in [1.807, 2.05) is 44.1 Å². The van der Waals surface area contributed by atoms with Crippen LogP contribution in [0.2, 0.25) is 0 Å². The molecule has 0 radical (unpaired) electrons. The van der Waals surface area contributed by atoms with Gasteiger partial charge in [-0.25, -0.2) is 9.97 Å². The number of methoxy groups -OCH3 is 1. The van der Waals surface area contributed by atoms with E-state index in [-0.39, 0.29) is 47.8 Å². The van der Waals surface area contributed by atoms with Crippen molar-refractivity contribution in [1.82, 2.24) is 20.2 Å². The van der Waals surface area contributed by atoms with Crippen molar-refractivity contribution in [1.29, 1.82) is 0 Å². The summed E-state index contributed by atoms with van der Waals surface area (Å²) in [5.41, 5.74) is 0.749. The lowest BCUT2D eigenvalue weighted by Crippen LogP contribution is -2.44. The second-order valence-corrected chi connectivity index (χ2v) is 10.7. The van der Waals surface area contributed by atoms with Crippen LogP contribution < -0.4 is 15.4 Å². The lowest BCUT2D eigenvalue weighted by Gasteiger charge is -2.38. The Kier molecular flexibility index (Phi) is 9.98. The topological polar surface area (TPSA) is 79.4 Å². The van der Waals surface area contributed by atoms with Crippen LogP contribution in [0.25, 0.3) is 0 Å². The zero-order valence-corrected chi connectivity index (χ0v) is 23.2. The number of amides is 1. The van der Waals surface area contributed by atoms with Gasteiger partial charge in [-0.05, 0) is 68.8 Å². The molecule has 2 aromatic rings. The Bertz CT molecular complexity index is 1090. The number of nitrogens with zero attached hydrogens (tertiary/aromatic N) is 3. The van der Waals surface area contributed by atoms with Crippen molar-refractivity contribution in [3.05, 3.63) is 41.2 Å². The van der Waals surface area contributed by atoms with Crippen LogP contribution in [0.4, 0.5) is 24.8 Å². The number of rotatable bonds is 10. The third-order valence-electron chi connectivity index (χ3n) is 7.48. The number of alkyl halides is 3. The lowest BCUT2D eigenvalue weighted by atomic mass is 9.71. The van der Waals surface area contributed by atoms with Gasteiger partial charge in [0.15, 0.2) is 0 Å². The largest absolute Gasteiger partial charge is 0.495 e. The highest BCUT2D eigenvalue weighted by molar-refractivity contribution is 5.73. The summed E-state index contributed by atoms with van der Waals surface area (Å²) in [6, 6.07) is 5.67. The summed E-state index contributed by atoms with van der Waals surface area (Å²) < 4.78 is 47.2. The van der Waals surface area contributed by atoms with Gasteiger partial charge in [0.25, 0.3) is 0 Å². The molecular formula is C28H40F3N5O2. The number of hydrogen-bond donors (Lipinski definition) is 2. The van der Waals surface area contributed by atoms with Gasteiger partial charge in [-0.3, -0.25) is 4.79 Å². The van der Waals surface area contributed by atoms with Gasteiger partial charge in [0.05, 0.1) is 24.1 Å². The second kappa shape index (κ2) is 12.8. The summed E-state index contributed by atoms with van der Waals surface area (Å²) >= 11 is 0. The van der Waals surface area contributed by atoms with Crippen LogP contribution in [0.1, 0.15) is 63.3 Å². The number of halogens is 3. The first kappa shape index (κ1) is 29.7. The minimum Gasteiger partial charge on any atom is -0.495 e. The Labute approximate surface area is 223 Å². The van der Waals surface area contributed by atoms with Crippen molar-refractivity contribution in [2.75, 3.05) is 26.5 Å². The zero-order chi connectivity index (χ0) is 28.0. The van der Waals surface area contributed by atoms with Crippen LogP contribution in [0, 0.1) is 17.8 Å². The van der Waals surface area contributed by atoms with Crippen molar-refractivity contribution in [2.45, 2.75) is 71.6 Å². The summed E-state index contributed by atoms with van der Waals surface area (Å²) in [7, 11) is 5.47. The molecule has 1 aliphatic rings. The Morgan fingerprint density at radius 1 is 1.21 bits per heavy atom. The van der Waals surface area contributed by atoms with Gasteiger partial charge < -0.3 is 20.3 Å². The molecule has 4 atom stereocenters. The van der Waals surface area contributed by atoms with Gasteiger partial charge in [-0.2, -0.15) is 13.2 Å². The molecule has 3 rings (SSSR count). The molecule has 1 fully saturated rings. The number of ether oxygens (including phenoxy) is 1. The minimum absolute atomic E-state index is 0.0376. The molecule has 0 saturated heterocycles. The molecule has 7 nitrogen and oxygen atoms in total. The van der Waals surface area contributed by atoms with E-state index in [0.717, 1.165) is 44.0 Å².